The Hall–Kier alpha value is -1.03. The standard InChI is InChI=1S/C8H14N2O2/c9-10-7-4-2-1-3-6(7)5-8(11)12/h10H,1-5,9H2,(H,11,12). The van der Waals surface area contributed by atoms with Crippen LogP contribution in [0, 0.1) is 0 Å². The molecule has 0 saturated carbocycles. The molecule has 12 heavy (non-hydrogen) atoms. The molecular weight excluding hydrogens is 156 g/mol. The van der Waals surface area contributed by atoms with Crippen LogP contribution in [0.5, 0.6) is 0 Å². The summed E-state index contributed by atoms with van der Waals surface area (Å²) >= 11 is 0. The third-order valence-electron chi connectivity index (χ3n) is 2.12. The Bertz CT molecular complexity index is 211. The SMILES string of the molecule is NNC1=C(CC(=O)O)CCCC1. The maximum absolute atomic E-state index is 10.4. The van der Waals surface area contributed by atoms with Gasteiger partial charge < -0.3 is 10.5 Å². The van der Waals surface area contributed by atoms with Gasteiger partial charge >= 0.3 is 5.97 Å². The first-order valence-corrected chi connectivity index (χ1v) is 4.13. The van der Waals surface area contributed by atoms with E-state index in [1.54, 1.807) is 0 Å². The third kappa shape index (κ3) is 2.23. The lowest BCUT2D eigenvalue weighted by Gasteiger charge is -2.18. The van der Waals surface area contributed by atoms with Crippen LogP contribution in [-0.4, -0.2) is 11.1 Å². The number of aliphatic carboxylic acids is 1. The van der Waals surface area contributed by atoms with Crippen LogP contribution in [0.1, 0.15) is 32.1 Å². The van der Waals surface area contributed by atoms with Crippen molar-refractivity contribution in [2.45, 2.75) is 32.1 Å². The smallest absolute Gasteiger partial charge is 0.307 e. The fourth-order valence-electron chi connectivity index (χ4n) is 1.52. The Kier molecular flexibility index (Phi) is 3.10. The zero-order valence-electron chi connectivity index (χ0n) is 6.97. The molecule has 0 aromatic rings. The van der Waals surface area contributed by atoms with E-state index in [9.17, 15) is 4.79 Å². The monoisotopic (exact) mass is 170 g/mol. The quantitative estimate of drug-likeness (QED) is 0.431. The second kappa shape index (κ2) is 4.11. The number of carboxylic acid groups (broad SMARTS) is 1. The molecule has 0 atom stereocenters. The molecule has 0 aliphatic heterocycles. The molecule has 1 aliphatic rings. The molecule has 0 aromatic heterocycles. The van der Waals surface area contributed by atoms with E-state index in [-0.39, 0.29) is 6.42 Å². The minimum absolute atomic E-state index is 0.125. The van der Waals surface area contributed by atoms with Crippen LogP contribution in [0.3, 0.4) is 0 Å². The maximum Gasteiger partial charge on any atom is 0.307 e. The van der Waals surface area contributed by atoms with E-state index in [0.29, 0.717) is 0 Å². The topological polar surface area (TPSA) is 75.3 Å². The lowest BCUT2D eigenvalue weighted by Crippen LogP contribution is -2.25. The summed E-state index contributed by atoms with van der Waals surface area (Å²) in [5.41, 5.74) is 4.45. The van der Waals surface area contributed by atoms with Crippen LogP contribution in [0.15, 0.2) is 11.3 Å². The number of hydrogen-bond donors (Lipinski definition) is 3. The van der Waals surface area contributed by atoms with E-state index in [1.807, 2.05) is 0 Å². The summed E-state index contributed by atoms with van der Waals surface area (Å²) in [6, 6.07) is 0. The van der Waals surface area contributed by atoms with Crippen molar-refractivity contribution in [1.29, 1.82) is 0 Å². The molecule has 1 rings (SSSR count). The molecule has 0 spiro atoms. The van der Waals surface area contributed by atoms with Crippen molar-refractivity contribution in [2.75, 3.05) is 0 Å². The summed E-state index contributed by atoms with van der Waals surface area (Å²) in [6.07, 6.45) is 4.06. The number of allylic oxidation sites excluding steroid dienone is 1. The van der Waals surface area contributed by atoms with Gasteiger partial charge in [-0.2, -0.15) is 0 Å². The molecular formula is C8H14N2O2. The van der Waals surface area contributed by atoms with E-state index in [0.717, 1.165) is 37.0 Å². The van der Waals surface area contributed by atoms with E-state index in [2.05, 4.69) is 5.43 Å². The van der Waals surface area contributed by atoms with E-state index >= 15 is 0 Å². The molecule has 0 amide bonds. The predicted molar refractivity (Wildman–Crippen MR) is 45.1 cm³/mol. The first-order valence-electron chi connectivity index (χ1n) is 4.13. The van der Waals surface area contributed by atoms with E-state index < -0.39 is 5.97 Å². The van der Waals surface area contributed by atoms with Gasteiger partial charge in [0.15, 0.2) is 0 Å². The van der Waals surface area contributed by atoms with Gasteiger partial charge in [0, 0.05) is 5.70 Å². The molecule has 0 heterocycles. The molecule has 1 aliphatic carbocycles. The molecule has 0 saturated heterocycles. The normalized spacial score (nSPS) is 17.8. The van der Waals surface area contributed by atoms with Crippen LogP contribution >= 0.6 is 0 Å². The highest BCUT2D eigenvalue weighted by Gasteiger charge is 2.13. The molecule has 0 radical (unpaired) electrons. The fraction of sp³-hybridized carbons (Fsp3) is 0.625. The van der Waals surface area contributed by atoms with Gasteiger partial charge in [0.05, 0.1) is 6.42 Å². The molecule has 0 aromatic carbocycles. The highest BCUT2D eigenvalue weighted by molar-refractivity contribution is 5.70. The Morgan fingerprint density at radius 1 is 1.50 bits per heavy atom. The third-order valence-corrected chi connectivity index (χ3v) is 2.12. The second-order valence-electron chi connectivity index (χ2n) is 3.00. The molecule has 4 heteroatoms. The van der Waals surface area contributed by atoms with Crippen LogP contribution < -0.4 is 11.3 Å². The largest absolute Gasteiger partial charge is 0.481 e. The Morgan fingerprint density at radius 3 is 2.75 bits per heavy atom. The Balaban J connectivity index is 2.66. The van der Waals surface area contributed by atoms with Gasteiger partial charge in [-0.25, -0.2) is 0 Å². The zero-order valence-corrected chi connectivity index (χ0v) is 6.97. The van der Waals surface area contributed by atoms with E-state index in [1.165, 1.54) is 0 Å². The summed E-state index contributed by atoms with van der Waals surface area (Å²) in [5.74, 6) is 4.49. The molecule has 0 fully saturated rings. The first-order chi connectivity index (χ1) is 5.74. The fourth-order valence-corrected chi connectivity index (χ4v) is 1.52. The summed E-state index contributed by atoms with van der Waals surface area (Å²) in [6.45, 7) is 0. The van der Waals surface area contributed by atoms with Gasteiger partial charge in [-0.05, 0) is 31.3 Å². The minimum atomic E-state index is -0.778. The van der Waals surface area contributed by atoms with Crippen molar-refractivity contribution >= 4 is 5.97 Å². The van der Waals surface area contributed by atoms with Gasteiger partial charge in [-0.15, -0.1) is 0 Å². The average molecular weight is 170 g/mol. The van der Waals surface area contributed by atoms with Crippen molar-refractivity contribution in [2.24, 2.45) is 5.84 Å². The molecule has 68 valence electrons. The van der Waals surface area contributed by atoms with Crippen molar-refractivity contribution in [3.05, 3.63) is 11.3 Å². The summed E-state index contributed by atoms with van der Waals surface area (Å²) in [4.78, 5) is 10.4. The van der Waals surface area contributed by atoms with Crippen LogP contribution in [0.2, 0.25) is 0 Å². The number of carboxylic acids is 1. The Morgan fingerprint density at radius 2 is 2.17 bits per heavy atom. The van der Waals surface area contributed by atoms with Crippen LogP contribution in [0.25, 0.3) is 0 Å². The van der Waals surface area contributed by atoms with Crippen molar-refractivity contribution in [1.82, 2.24) is 5.43 Å². The maximum atomic E-state index is 10.4. The first kappa shape index (κ1) is 9.06. The molecule has 0 unspecified atom stereocenters. The number of nitrogens with one attached hydrogen (secondary N) is 1. The number of carbonyl (C=O) groups is 1. The van der Waals surface area contributed by atoms with Gasteiger partial charge in [-0.1, -0.05) is 0 Å². The van der Waals surface area contributed by atoms with Gasteiger partial charge in [0.1, 0.15) is 0 Å². The van der Waals surface area contributed by atoms with Crippen molar-refractivity contribution in [3.8, 4) is 0 Å². The van der Waals surface area contributed by atoms with Gasteiger partial charge in [-0.3, -0.25) is 10.6 Å². The lowest BCUT2D eigenvalue weighted by atomic mass is 9.94. The van der Waals surface area contributed by atoms with Crippen molar-refractivity contribution < 1.29 is 9.90 Å². The summed E-state index contributed by atoms with van der Waals surface area (Å²) < 4.78 is 0. The summed E-state index contributed by atoms with van der Waals surface area (Å²) in [7, 11) is 0. The molecule has 0 bridgehead atoms. The highest BCUT2D eigenvalue weighted by atomic mass is 16.4. The van der Waals surface area contributed by atoms with Gasteiger partial charge in [0.2, 0.25) is 0 Å². The van der Waals surface area contributed by atoms with Crippen LogP contribution in [0.4, 0.5) is 0 Å². The van der Waals surface area contributed by atoms with Crippen LogP contribution in [-0.2, 0) is 4.79 Å². The number of hydrazine groups is 1. The number of nitrogens with two attached hydrogens (primary N) is 1. The average Bonchev–Trinajstić information content (AvgIpc) is 2.04. The highest BCUT2D eigenvalue weighted by Crippen LogP contribution is 2.24. The zero-order chi connectivity index (χ0) is 8.97. The molecule has 4 nitrogen and oxygen atoms in total. The predicted octanol–water partition coefficient (Wildman–Crippen LogP) is 0.752. The van der Waals surface area contributed by atoms with E-state index in [4.69, 9.17) is 10.9 Å². The number of rotatable bonds is 3. The lowest BCUT2D eigenvalue weighted by molar-refractivity contribution is -0.136. The van der Waals surface area contributed by atoms with Gasteiger partial charge in [0.25, 0.3) is 0 Å². The second-order valence-corrected chi connectivity index (χ2v) is 3.00. The molecule has 4 N–H and O–H groups in total. The Labute approximate surface area is 71.4 Å². The number of hydrogen-bond acceptors (Lipinski definition) is 3. The summed E-state index contributed by atoms with van der Waals surface area (Å²) in [5, 5.41) is 8.58. The minimum Gasteiger partial charge on any atom is -0.481 e. The van der Waals surface area contributed by atoms with Crippen molar-refractivity contribution in [3.63, 3.8) is 0 Å².